The zero-order chi connectivity index (χ0) is 19.4. The van der Waals surface area contributed by atoms with Crippen molar-refractivity contribution in [2.24, 2.45) is 0 Å². The molecular weight excluding hydrogens is 372 g/mol. The minimum atomic E-state index is -3.86. The largest absolute Gasteiger partial charge is 0.497 e. The van der Waals surface area contributed by atoms with Gasteiger partial charge in [0.05, 0.1) is 18.6 Å². The Morgan fingerprint density at radius 2 is 1.78 bits per heavy atom. The first kappa shape index (κ1) is 18.9. The number of amides is 1. The van der Waals surface area contributed by atoms with E-state index in [-0.39, 0.29) is 17.4 Å². The van der Waals surface area contributed by atoms with E-state index in [2.05, 4.69) is 10.0 Å². The molecule has 0 radical (unpaired) electrons. The number of esters is 1. The van der Waals surface area contributed by atoms with E-state index in [4.69, 9.17) is 9.47 Å². The number of sulfonamides is 1. The summed E-state index contributed by atoms with van der Waals surface area (Å²) in [5.41, 5.74) is 0.879. The van der Waals surface area contributed by atoms with Gasteiger partial charge < -0.3 is 14.8 Å². The third-order valence-corrected chi connectivity index (χ3v) is 5.50. The number of carbonyl (C=O) groups excluding carboxylic acids is 2. The van der Waals surface area contributed by atoms with Crippen molar-refractivity contribution in [2.75, 3.05) is 19.0 Å². The maximum atomic E-state index is 12.3. The average molecular weight is 390 g/mol. The Labute approximate surface area is 156 Å². The first-order chi connectivity index (χ1) is 12.9. The average Bonchev–Trinajstić information content (AvgIpc) is 3.06. The molecule has 2 aromatic rings. The minimum Gasteiger partial charge on any atom is -0.497 e. The molecule has 0 saturated carbocycles. The summed E-state index contributed by atoms with van der Waals surface area (Å²) in [6, 6.07) is 11.4. The van der Waals surface area contributed by atoms with Gasteiger partial charge in [0.2, 0.25) is 10.0 Å². The van der Waals surface area contributed by atoms with Crippen molar-refractivity contribution in [3.8, 4) is 5.75 Å². The van der Waals surface area contributed by atoms with Gasteiger partial charge in [-0.2, -0.15) is 4.72 Å². The molecule has 1 aliphatic heterocycles. The van der Waals surface area contributed by atoms with Crippen molar-refractivity contribution < 1.29 is 27.5 Å². The quantitative estimate of drug-likeness (QED) is 0.724. The zero-order valence-electron chi connectivity index (χ0n) is 14.5. The lowest BCUT2D eigenvalue weighted by Crippen LogP contribution is -2.37. The van der Waals surface area contributed by atoms with E-state index in [1.807, 2.05) is 0 Å². The van der Waals surface area contributed by atoms with Gasteiger partial charge in [0.15, 0.2) is 0 Å². The highest BCUT2D eigenvalue weighted by molar-refractivity contribution is 7.89. The molecular formula is C18H18N2O6S. The fourth-order valence-corrected chi connectivity index (χ4v) is 3.74. The second-order valence-electron chi connectivity index (χ2n) is 5.84. The van der Waals surface area contributed by atoms with E-state index in [0.717, 1.165) is 0 Å². The molecule has 27 heavy (non-hydrogen) atoms. The Kier molecular flexibility index (Phi) is 5.43. The molecule has 0 unspecified atom stereocenters. The lowest BCUT2D eigenvalue weighted by molar-refractivity contribution is -0.139. The van der Waals surface area contributed by atoms with E-state index in [1.165, 1.54) is 31.4 Å². The number of hydrogen-bond acceptors (Lipinski definition) is 6. The van der Waals surface area contributed by atoms with Crippen LogP contribution in [0.25, 0.3) is 0 Å². The highest BCUT2D eigenvalue weighted by Gasteiger charge is 2.31. The molecule has 8 nitrogen and oxygen atoms in total. The van der Waals surface area contributed by atoms with Crippen LogP contribution < -0.4 is 14.8 Å². The zero-order valence-corrected chi connectivity index (χ0v) is 15.3. The number of carbonyl (C=O) groups is 2. The second-order valence-corrected chi connectivity index (χ2v) is 7.55. The molecule has 1 saturated heterocycles. The molecule has 1 amide bonds. The van der Waals surface area contributed by atoms with E-state index < -0.39 is 22.0 Å². The molecule has 0 aliphatic carbocycles. The fourth-order valence-electron chi connectivity index (χ4n) is 2.52. The number of anilines is 1. The lowest BCUT2D eigenvalue weighted by Gasteiger charge is -2.11. The monoisotopic (exact) mass is 390 g/mol. The van der Waals surface area contributed by atoms with Crippen molar-refractivity contribution in [1.82, 2.24) is 4.72 Å². The number of rotatable bonds is 6. The van der Waals surface area contributed by atoms with Crippen LogP contribution in [0.3, 0.4) is 0 Å². The lowest BCUT2D eigenvalue weighted by atomic mass is 10.2. The number of methoxy groups -OCH3 is 1. The normalized spacial score (nSPS) is 16.6. The molecule has 1 aliphatic rings. The van der Waals surface area contributed by atoms with Gasteiger partial charge in [-0.1, -0.05) is 0 Å². The molecule has 2 aromatic carbocycles. The van der Waals surface area contributed by atoms with Crippen LogP contribution in [-0.4, -0.2) is 40.1 Å². The van der Waals surface area contributed by atoms with Crippen LogP contribution in [0.5, 0.6) is 5.75 Å². The molecule has 0 bridgehead atoms. The molecule has 1 atom stereocenters. The first-order valence-electron chi connectivity index (χ1n) is 8.13. The van der Waals surface area contributed by atoms with Crippen LogP contribution in [0.4, 0.5) is 5.69 Å². The van der Waals surface area contributed by atoms with Gasteiger partial charge in [-0.25, -0.2) is 8.42 Å². The number of hydrogen-bond donors (Lipinski definition) is 2. The Morgan fingerprint density at radius 3 is 2.33 bits per heavy atom. The van der Waals surface area contributed by atoms with Crippen LogP contribution in [0.15, 0.2) is 53.4 Å². The Bertz CT molecular complexity index is 939. The van der Waals surface area contributed by atoms with Gasteiger partial charge in [0.25, 0.3) is 5.91 Å². The van der Waals surface area contributed by atoms with Crippen molar-refractivity contribution in [2.45, 2.75) is 17.4 Å². The highest BCUT2D eigenvalue weighted by Crippen LogP contribution is 2.18. The van der Waals surface area contributed by atoms with Gasteiger partial charge in [-0.05, 0) is 48.5 Å². The smallest absolute Gasteiger partial charge is 0.324 e. The minimum absolute atomic E-state index is 0.00959. The summed E-state index contributed by atoms with van der Waals surface area (Å²) in [5, 5.41) is 2.69. The predicted octanol–water partition coefficient (Wildman–Crippen LogP) is 1.54. The van der Waals surface area contributed by atoms with Crippen molar-refractivity contribution in [3.05, 3.63) is 54.1 Å². The predicted molar refractivity (Wildman–Crippen MR) is 97.1 cm³/mol. The van der Waals surface area contributed by atoms with Crippen LogP contribution in [0, 0.1) is 0 Å². The van der Waals surface area contributed by atoms with Crippen LogP contribution in [0.2, 0.25) is 0 Å². The van der Waals surface area contributed by atoms with E-state index in [9.17, 15) is 18.0 Å². The first-order valence-corrected chi connectivity index (χ1v) is 9.62. The summed E-state index contributed by atoms with van der Waals surface area (Å²) in [4.78, 5) is 23.6. The van der Waals surface area contributed by atoms with Gasteiger partial charge in [0, 0.05) is 17.7 Å². The molecule has 0 spiro atoms. The Morgan fingerprint density at radius 1 is 1.11 bits per heavy atom. The standard InChI is InChI=1S/C18H18N2O6S/c1-25-14-6-2-12(3-7-14)17(21)19-13-4-8-15(9-5-13)27(23,24)20-16-10-11-26-18(16)22/h2-9,16,20H,10-11H2,1H3,(H,19,21)/t16-/m0/s1. The summed E-state index contributed by atoms with van der Waals surface area (Å²) in [6.07, 6.45) is 0.300. The summed E-state index contributed by atoms with van der Waals surface area (Å²) in [5.74, 6) is -0.276. The summed E-state index contributed by atoms with van der Waals surface area (Å²) < 4.78 is 36.8. The highest BCUT2D eigenvalue weighted by atomic mass is 32.2. The molecule has 2 N–H and O–H groups in total. The van der Waals surface area contributed by atoms with E-state index >= 15 is 0 Å². The second kappa shape index (κ2) is 7.77. The Balaban J connectivity index is 1.67. The molecule has 142 valence electrons. The van der Waals surface area contributed by atoms with Crippen LogP contribution >= 0.6 is 0 Å². The number of nitrogens with one attached hydrogen (secondary N) is 2. The number of cyclic esters (lactones) is 1. The van der Waals surface area contributed by atoms with Gasteiger partial charge in [0.1, 0.15) is 11.8 Å². The van der Waals surface area contributed by atoms with E-state index in [0.29, 0.717) is 23.4 Å². The van der Waals surface area contributed by atoms with Crippen molar-refractivity contribution in [1.29, 1.82) is 0 Å². The molecule has 3 rings (SSSR count). The van der Waals surface area contributed by atoms with Gasteiger partial charge in [-0.15, -0.1) is 0 Å². The molecule has 0 aromatic heterocycles. The maximum Gasteiger partial charge on any atom is 0.324 e. The third kappa shape index (κ3) is 4.44. The third-order valence-electron chi connectivity index (χ3n) is 4.01. The molecule has 1 fully saturated rings. The van der Waals surface area contributed by atoms with Crippen LogP contribution in [0.1, 0.15) is 16.8 Å². The summed E-state index contributed by atoms with van der Waals surface area (Å²) >= 11 is 0. The SMILES string of the molecule is COc1ccc(C(=O)Nc2ccc(S(=O)(=O)N[C@H]3CCOC3=O)cc2)cc1. The fraction of sp³-hybridized carbons (Fsp3) is 0.222. The van der Waals surface area contributed by atoms with Gasteiger partial charge >= 0.3 is 5.97 Å². The van der Waals surface area contributed by atoms with Crippen molar-refractivity contribution in [3.63, 3.8) is 0 Å². The van der Waals surface area contributed by atoms with Crippen LogP contribution in [-0.2, 0) is 19.6 Å². The van der Waals surface area contributed by atoms with Gasteiger partial charge in [-0.3, -0.25) is 9.59 Å². The maximum absolute atomic E-state index is 12.3. The Hall–Kier alpha value is -2.91. The molecule has 9 heteroatoms. The topological polar surface area (TPSA) is 111 Å². The van der Waals surface area contributed by atoms with E-state index in [1.54, 1.807) is 24.3 Å². The summed E-state index contributed by atoms with van der Waals surface area (Å²) in [6.45, 7) is 0.197. The van der Waals surface area contributed by atoms with Crippen molar-refractivity contribution >= 4 is 27.6 Å². The summed E-state index contributed by atoms with van der Waals surface area (Å²) in [7, 11) is -2.32. The number of benzene rings is 2. The number of ether oxygens (including phenoxy) is 2. The molecule has 1 heterocycles.